The van der Waals surface area contributed by atoms with Crippen molar-refractivity contribution in [3.05, 3.63) is 16.3 Å². The average molecular weight is 315 g/mol. The second-order valence-electron chi connectivity index (χ2n) is 5.78. The second kappa shape index (κ2) is 5.75. The number of fused-ring (bicyclic) bond motifs is 1. The van der Waals surface area contributed by atoms with Crippen LogP contribution in [-0.4, -0.2) is 30.4 Å². The van der Waals surface area contributed by atoms with Crippen molar-refractivity contribution in [3.63, 3.8) is 0 Å². The molecule has 2 fully saturated rings. The van der Waals surface area contributed by atoms with E-state index >= 15 is 0 Å². The van der Waals surface area contributed by atoms with Gasteiger partial charge in [0.15, 0.2) is 0 Å². The number of nitrogens with zero attached hydrogens (tertiary/aromatic N) is 1. The van der Waals surface area contributed by atoms with E-state index in [1.807, 2.05) is 0 Å². The molecule has 2 atom stereocenters. The largest absolute Gasteiger partial charge is 0.391 e. The fraction of sp³-hybridized carbons (Fsp3) is 0.714. The van der Waals surface area contributed by atoms with E-state index in [1.54, 1.807) is 15.8 Å². The summed E-state index contributed by atoms with van der Waals surface area (Å²) in [5.41, 5.74) is 0. The van der Waals surface area contributed by atoms with Gasteiger partial charge in [0.05, 0.1) is 11.5 Å². The van der Waals surface area contributed by atoms with Crippen LogP contribution >= 0.6 is 11.3 Å². The van der Waals surface area contributed by atoms with E-state index in [9.17, 15) is 8.42 Å². The predicted octanol–water partition coefficient (Wildman–Crippen LogP) is 2.58. The highest BCUT2D eigenvalue weighted by atomic mass is 32.2. The van der Waals surface area contributed by atoms with Crippen LogP contribution in [0.3, 0.4) is 0 Å². The third kappa shape index (κ3) is 2.54. The molecule has 1 saturated heterocycles. The first-order chi connectivity index (χ1) is 9.63. The summed E-state index contributed by atoms with van der Waals surface area (Å²) < 4.78 is 27.4. The number of sulfonamides is 1. The fourth-order valence-electron chi connectivity index (χ4n) is 3.59. The summed E-state index contributed by atoms with van der Waals surface area (Å²) >= 11 is 1.31. The molecule has 4 nitrogen and oxygen atoms in total. The van der Waals surface area contributed by atoms with Crippen LogP contribution in [0.1, 0.15) is 43.4 Å². The maximum atomic E-state index is 12.8. The van der Waals surface area contributed by atoms with E-state index in [2.05, 4.69) is 0 Å². The lowest BCUT2D eigenvalue weighted by atomic mass is 9.79. The van der Waals surface area contributed by atoms with Gasteiger partial charge in [0.2, 0.25) is 10.0 Å². The first kappa shape index (κ1) is 14.5. The molecule has 1 aliphatic heterocycles. The maximum Gasteiger partial charge on any atom is 0.244 e. The van der Waals surface area contributed by atoms with Crippen LogP contribution < -0.4 is 0 Å². The Bertz CT molecular complexity index is 565. The van der Waals surface area contributed by atoms with Gasteiger partial charge in [-0.1, -0.05) is 12.8 Å². The lowest BCUT2D eigenvalue weighted by Gasteiger charge is -2.42. The van der Waals surface area contributed by atoms with Crippen LogP contribution in [0.2, 0.25) is 0 Å². The molecule has 0 bridgehead atoms. The Morgan fingerprint density at radius 1 is 1.25 bits per heavy atom. The Labute approximate surface area is 124 Å². The molecular weight excluding hydrogens is 294 g/mol. The maximum absolute atomic E-state index is 12.8. The number of hydrogen-bond acceptors (Lipinski definition) is 4. The van der Waals surface area contributed by atoms with Crippen molar-refractivity contribution in [2.24, 2.45) is 5.92 Å². The molecule has 1 saturated carbocycles. The fourth-order valence-corrected chi connectivity index (χ4v) is 6.47. The summed E-state index contributed by atoms with van der Waals surface area (Å²) in [7, 11) is -3.39. The van der Waals surface area contributed by atoms with Crippen molar-refractivity contribution in [2.45, 2.75) is 56.1 Å². The summed E-state index contributed by atoms with van der Waals surface area (Å²) in [6, 6.07) is 1.81. The van der Waals surface area contributed by atoms with Gasteiger partial charge in [0, 0.05) is 22.8 Å². The van der Waals surface area contributed by atoms with Crippen molar-refractivity contribution in [1.82, 2.24) is 4.31 Å². The van der Waals surface area contributed by atoms with Gasteiger partial charge in [-0.3, -0.25) is 0 Å². The average Bonchev–Trinajstić information content (AvgIpc) is 2.96. The molecule has 0 spiro atoms. The Balaban J connectivity index is 1.89. The van der Waals surface area contributed by atoms with Crippen LogP contribution in [0.25, 0.3) is 0 Å². The first-order valence-electron chi connectivity index (χ1n) is 7.33. The van der Waals surface area contributed by atoms with Crippen molar-refractivity contribution in [2.75, 3.05) is 6.54 Å². The van der Waals surface area contributed by atoms with E-state index in [0.29, 0.717) is 22.2 Å². The van der Waals surface area contributed by atoms with Crippen LogP contribution in [0.5, 0.6) is 0 Å². The van der Waals surface area contributed by atoms with Gasteiger partial charge in [-0.05, 0) is 37.7 Å². The quantitative estimate of drug-likeness (QED) is 0.932. The molecule has 6 heteroatoms. The summed E-state index contributed by atoms with van der Waals surface area (Å²) in [5.74, 6) is 0.545. The van der Waals surface area contributed by atoms with E-state index < -0.39 is 10.0 Å². The minimum absolute atomic E-state index is 0.0910. The Hall–Kier alpha value is -0.430. The lowest BCUT2D eigenvalue weighted by molar-refractivity contribution is 0.129. The van der Waals surface area contributed by atoms with Crippen molar-refractivity contribution in [1.29, 1.82) is 0 Å². The van der Waals surface area contributed by atoms with Crippen molar-refractivity contribution < 1.29 is 13.5 Å². The lowest BCUT2D eigenvalue weighted by Crippen LogP contribution is -2.49. The van der Waals surface area contributed by atoms with Gasteiger partial charge in [-0.15, -0.1) is 11.3 Å². The van der Waals surface area contributed by atoms with Gasteiger partial charge < -0.3 is 5.11 Å². The third-order valence-corrected chi connectivity index (χ3v) is 7.56. The smallest absolute Gasteiger partial charge is 0.244 e. The molecular formula is C14H21NO3S2. The summed E-state index contributed by atoms with van der Waals surface area (Å²) in [5, 5.41) is 10.8. The van der Waals surface area contributed by atoms with E-state index in [1.165, 1.54) is 30.6 Å². The molecule has 2 aliphatic rings. The molecule has 112 valence electrons. The third-order valence-electron chi connectivity index (χ3n) is 4.58. The molecule has 20 heavy (non-hydrogen) atoms. The van der Waals surface area contributed by atoms with E-state index in [0.717, 1.165) is 19.3 Å². The van der Waals surface area contributed by atoms with Crippen LogP contribution in [-0.2, 0) is 16.6 Å². The number of aliphatic hydroxyl groups excluding tert-OH is 1. The summed E-state index contributed by atoms with van der Waals surface area (Å²) in [4.78, 5) is 1.07. The molecule has 0 aromatic carbocycles. The number of aliphatic hydroxyl groups is 1. The molecule has 0 amide bonds. The zero-order valence-electron chi connectivity index (χ0n) is 11.5. The molecule has 1 N–H and O–H groups in total. The van der Waals surface area contributed by atoms with Crippen LogP contribution in [0.4, 0.5) is 0 Å². The highest BCUT2D eigenvalue weighted by Crippen LogP contribution is 2.38. The molecule has 3 rings (SSSR count). The van der Waals surface area contributed by atoms with Gasteiger partial charge in [0.25, 0.3) is 0 Å². The number of piperidine rings is 1. The van der Waals surface area contributed by atoms with E-state index in [-0.39, 0.29) is 12.6 Å². The van der Waals surface area contributed by atoms with Gasteiger partial charge >= 0.3 is 0 Å². The highest BCUT2D eigenvalue weighted by molar-refractivity contribution is 7.89. The number of hydrogen-bond donors (Lipinski definition) is 1. The zero-order valence-corrected chi connectivity index (χ0v) is 13.1. The number of rotatable bonds is 3. The molecule has 1 aromatic rings. The summed E-state index contributed by atoms with van der Waals surface area (Å²) in [6.07, 6.45) is 6.68. The highest BCUT2D eigenvalue weighted by Gasteiger charge is 2.40. The standard InChI is InChI=1S/C14H21NO3S2/c16-9-12-8-13(10-19-12)20(17,18)15-7-3-5-11-4-1-2-6-14(11)15/h8,10-11,14,16H,1-7,9H2. The minimum atomic E-state index is -3.39. The van der Waals surface area contributed by atoms with E-state index in [4.69, 9.17) is 5.11 Å². The molecule has 0 radical (unpaired) electrons. The Morgan fingerprint density at radius 3 is 2.75 bits per heavy atom. The van der Waals surface area contributed by atoms with Gasteiger partial charge in [-0.25, -0.2) is 8.42 Å². The first-order valence-corrected chi connectivity index (χ1v) is 9.65. The molecule has 1 aromatic heterocycles. The normalized spacial score (nSPS) is 28.2. The number of thiophene rings is 1. The van der Waals surface area contributed by atoms with Crippen molar-refractivity contribution >= 4 is 21.4 Å². The Morgan fingerprint density at radius 2 is 2.00 bits per heavy atom. The summed E-state index contributed by atoms with van der Waals surface area (Å²) in [6.45, 7) is 0.556. The van der Waals surface area contributed by atoms with Crippen LogP contribution in [0, 0.1) is 5.92 Å². The zero-order chi connectivity index (χ0) is 14.2. The molecule has 1 aliphatic carbocycles. The second-order valence-corrected chi connectivity index (χ2v) is 8.66. The predicted molar refractivity (Wildman–Crippen MR) is 79.1 cm³/mol. The monoisotopic (exact) mass is 315 g/mol. The minimum Gasteiger partial charge on any atom is -0.391 e. The van der Waals surface area contributed by atoms with Crippen LogP contribution in [0.15, 0.2) is 16.3 Å². The van der Waals surface area contributed by atoms with Gasteiger partial charge in [0.1, 0.15) is 0 Å². The van der Waals surface area contributed by atoms with Crippen molar-refractivity contribution in [3.8, 4) is 0 Å². The SMILES string of the molecule is O=S(=O)(c1csc(CO)c1)N1CCCC2CCCCC21. The topological polar surface area (TPSA) is 57.6 Å². The molecule has 2 unspecified atom stereocenters. The Kier molecular flexibility index (Phi) is 4.17. The molecule has 2 heterocycles. The van der Waals surface area contributed by atoms with Gasteiger partial charge in [-0.2, -0.15) is 4.31 Å².